The Hall–Kier alpha value is -1.14. The molecule has 0 aliphatic carbocycles. The van der Waals surface area contributed by atoms with E-state index in [9.17, 15) is 4.79 Å². The SMILES string of the molecule is C=CC#N.CC(=O)CO. The van der Waals surface area contributed by atoms with Gasteiger partial charge in [-0.2, -0.15) is 5.26 Å². The first-order chi connectivity index (χ1) is 4.18. The number of allylic oxidation sites excluding steroid dienone is 1. The van der Waals surface area contributed by atoms with Gasteiger partial charge in [0.25, 0.3) is 0 Å². The highest BCUT2D eigenvalue weighted by Crippen LogP contribution is 1.55. The van der Waals surface area contributed by atoms with E-state index in [-0.39, 0.29) is 12.4 Å². The first-order valence-electron chi connectivity index (χ1n) is 2.29. The highest BCUT2D eigenvalue weighted by atomic mass is 16.3. The van der Waals surface area contributed by atoms with Crippen molar-refractivity contribution >= 4 is 5.78 Å². The number of ketones is 1. The van der Waals surface area contributed by atoms with E-state index in [1.165, 1.54) is 13.0 Å². The number of carbonyl (C=O) groups excluding carboxylic acids is 1. The first-order valence-corrected chi connectivity index (χ1v) is 2.29. The van der Waals surface area contributed by atoms with Gasteiger partial charge in [0.05, 0.1) is 6.07 Å². The van der Waals surface area contributed by atoms with Crippen LogP contribution in [0.3, 0.4) is 0 Å². The van der Waals surface area contributed by atoms with Gasteiger partial charge < -0.3 is 5.11 Å². The molecule has 0 aromatic heterocycles. The van der Waals surface area contributed by atoms with Crippen molar-refractivity contribution < 1.29 is 9.90 Å². The van der Waals surface area contributed by atoms with Crippen molar-refractivity contribution in [1.82, 2.24) is 0 Å². The van der Waals surface area contributed by atoms with Gasteiger partial charge in [-0.3, -0.25) is 4.79 Å². The van der Waals surface area contributed by atoms with E-state index < -0.39 is 0 Å². The molecule has 0 radical (unpaired) electrons. The largest absolute Gasteiger partial charge is 0.389 e. The summed E-state index contributed by atoms with van der Waals surface area (Å²) in [6.45, 7) is 4.12. The third kappa shape index (κ3) is 46.8. The van der Waals surface area contributed by atoms with Gasteiger partial charge in [-0.05, 0) is 6.92 Å². The van der Waals surface area contributed by atoms with Crippen molar-refractivity contribution in [2.45, 2.75) is 6.92 Å². The molecule has 0 rings (SSSR count). The fraction of sp³-hybridized carbons (Fsp3) is 0.333. The maximum absolute atomic E-state index is 9.56. The zero-order valence-corrected chi connectivity index (χ0v) is 5.29. The minimum Gasteiger partial charge on any atom is -0.389 e. The topological polar surface area (TPSA) is 61.1 Å². The first kappa shape index (κ1) is 10.8. The monoisotopic (exact) mass is 127 g/mol. The molecule has 3 heteroatoms. The van der Waals surface area contributed by atoms with Crippen molar-refractivity contribution in [1.29, 1.82) is 5.26 Å². The molecule has 0 saturated carbocycles. The van der Waals surface area contributed by atoms with Crippen LogP contribution < -0.4 is 0 Å². The lowest BCUT2D eigenvalue weighted by Crippen LogP contribution is -1.93. The molecule has 0 bridgehead atoms. The minimum atomic E-state index is -0.333. The van der Waals surface area contributed by atoms with Gasteiger partial charge in [0.2, 0.25) is 0 Å². The summed E-state index contributed by atoms with van der Waals surface area (Å²) >= 11 is 0. The van der Waals surface area contributed by atoms with Gasteiger partial charge in [0, 0.05) is 6.08 Å². The number of nitriles is 1. The number of nitrogens with zero attached hydrogens (tertiary/aromatic N) is 1. The quantitative estimate of drug-likeness (QED) is 0.514. The van der Waals surface area contributed by atoms with Crippen LogP contribution >= 0.6 is 0 Å². The van der Waals surface area contributed by atoms with Gasteiger partial charge in [0.15, 0.2) is 5.78 Å². The average molecular weight is 127 g/mol. The minimum absolute atomic E-state index is 0.190. The molecule has 0 heterocycles. The number of hydrogen-bond acceptors (Lipinski definition) is 3. The summed E-state index contributed by atoms with van der Waals surface area (Å²) in [5.74, 6) is -0.190. The maximum atomic E-state index is 9.56. The summed E-state index contributed by atoms with van der Waals surface area (Å²) in [6, 6.07) is 1.69. The second-order valence-corrected chi connectivity index (χ2v) is 1.19. The van der Waals surface area contributed by atoms with Crippen LogP contribution in [0.15, 0.2) is 12.7 Å². The Kier molecular flexibility index (Phi) is 11.9. The predicted octanol–water partition coefficient (Wildman–Crippen LogP) is 0.264. The van der Waals surface area contributed by atoms with Gasteiger partial charge in [-0.1, -0.05) is 6.58 Å². The third-order valence-electron chi connectivity index (χ3n) is 0.314. The van der Waals surface area contributed by atoms with Crippen molar-refractivity contribution in [2.24, 2.45) is 0 Å². The van der Waals surface area contributed by atoms with Crippen molar-refractivity contribution in [3.05, 3.63) is 12.7 Å². The Labute approximate surface area is 54.2 Å². The smallest absolute Gasteiger partial charge is 0.155 e. The lowest BCUT2D eigenvalue weighted by atomic mass is 10.5. The highest BCUT2D eigenvalue weighted by molar-refractivity contribution is 5.76. The van der Waals surface area contributed by atoms with E-state index in [2.05, 4.69) is 6.58 Å². The Morgan fingerprint density at radius 1 is 2.00 bits per heavy atom. The Morgan fingerprint density at radius 2 is 2.22 bits per heavy atom. The number of carbonyl (C=O) groups is 1. The van der Waals surface area contributed by atoms with Gasteiger partial charge >= 0.3 is 0 Å². The standard InChI is InChI=1S/C3H3N.C3H6O2/c1-2-3-4;1-3(5)2-4/h2H,1H2;4H,2H2,1H3. The molecular weight excluding hydrogens is 118 g/mol. The van der Waals surface area contributed by atoms with E-state index in [0.717, 1.165) is 0 Å². The number of aliphatic hydroxyl groups is 1. The fourth-order valence-corrected chi connectivity index (χ4v) is 0. The fourth-order valence-electron chi connectivity index (χ4n) is 0. The van der Waals surface area contributed by atoms with Crippen molar-refractivity contribution in [3.8, 4) is 6.07 Å². The van der Waals surface area contributed by atoms with Gasteiger partial charge in [-0.15, -0.1) is 0 Å². The van der Waals surface area contributed by atoms with Crippen LogP contribution in [-0.2, 0) is 4.79 Å². The normalized spacial score (nSPS) is 5.89. The van der Waals surface area contributed by atoms with E-state index in [1.807, 2.05) is 0 Å². The molecule has 3 nitrogen and oxygen atoms in total. The predicted molar refractivity (Wildman–Crippen MR) is 33.6 cm³/mol. The molecule has 9 heavy (non-hydrogen) atoms. The second kappa shape index (κ2) is 9.97. The van der Waals surface area contributed by atoms with Crippen molar-refractivity contribution in [2.75, 3.05) is 6.61 Å². The molecule has 0 aromatic carbocycles. The molecule has 0 fully saturated rings. The molecule has 0 aromatic rings. The molecule has 0 saturated heterocycles. The molecule has 1 N–H and O–H groups in total. The highest BCUT2D eigenvalue weighted by Gasteiger charge is 1.78. The Morgan fingerprint density at radius 3 is 2.22 bits per heavy atom. The van der Waals surface area contributed by atoms with E-state index in [1.54, 1.807) is 6.07 Å². The zero-order chi connectivity index (χ0) is 7.70. The van der Waals surface area contributed by atoms with Crippen LogP contribution in [0.5, 0.6) is 0 Å². The van der Waals surface area contributed by atoms with Gasteiger partial charge in [0.1, 0.15) is 6.61 Å². The van der Waals surface area contributed by atoms with E-state index >= 15 is 0 Å². The molecule has 0 aliphatic heterocycles. The number of hydrogen-bond donors (Lipinski definition) is 1. The molecule has 50 valence electrons. The Balaban J connectivity index is 0. The van der Waals surface area contributed by atoms with Crippen LogP contribution in [0.1, 0.15) is 6.92 Å². The zero-order valence-electron chi connectivity index (χ0n) is 5.29. The van der Waals surface area contributed by atoms with Crippen molar-refractivity contribution in [3.63, 3.8) is 0 Å². The summed E-state index contributed by atoms with van der Waals surface area (Å²) in [4.78, 5) is 9.56. The number of rotatable bonds is 1. The van der Waals surface area contributed by atoms with Crippen LogP contribution in [0.4, 0.5) is 0 Å². The maximum Gasteiger partial charge on any atom is 0.155 e. The number of Topliss-reactive ketones (excluding diaryl/α,β-unsaturated/α-hetero) is 1. The molecule has 0 aliphatic rings. The van der Waals surface area contributed by atoms with Gasteiger partial charge in [-0.25, -0.2) is 0 Å². The molecule has 0 spiro atoms. The van der Waals surface area contributed by atoms with Crippen LogP contribution in [0.25, 0.3) is 0 Å². The Bertz CT molecular complexity index is 124. The van der Waals surface area contributed by atoms with Crippen LogP contribution in [0, 0.1) is 11.3 Å². The summed E-state index contributed by atoms with van der Waals surface area (Å²) in [5, 5.41) is 15.3. The molecular formula is C6H9NO2. The summed E-state index contributed by atoms with van der Waals surface area (Å²) < 4.78 is 0. The summed E-state index contributed by atoms with van der Waals surface area (Å²) in [6.07, 6.45) is 1.18. The second-order valence-electron chi connectivity index (χ2n) is 1.19. The van der Waals surface area contributed by atoms with E-state index in [0.29, 0.717) is 0 Å². The van der Waals surface area contributed by atoms with E-state index in [4.69, 9.17) is 10.4 Å². The van der Waals surface area contributed by atoms with Crippen LogP contribution in [-0.4, -0.2) is 17.5 Å². The average Bonchev–Trinajstić information content (AvgIpc) is 1.89. The molecule has 0 amide bonds. The molecule has 0 unspecified atom stereocenters. The lowest BCUT2D eigenvalue weighted by molar-refractivity contribution is -0.119. The third-order valence-corrected chi connectivity index (χ3v) is 0.314. The van der Waals surface area contributed by atoms with Crippen LogP contribution in [0.2, 0.25) is 0 Å². The summed E-state index contributed by atoms with van der Waals surface area (Å²) in [7, 11) is 0. The molecule has 0 atom stereocenters. The number of aliphatic hydroxyl groups excluding tert-OH is 1. The lowest BCUT2D eigenvalue weighted by Gasteiger charge is -1.72. The summed E-state index contributed by atoms with van der Waals surface area (Å²) in [5.41, 5.74) is 0.